The van der Waals surface area contributed by atoms with Crippen molar-refractivity contribution in [2.24, 2.45) is 16.9 Å². The van der Waals surface area contributed by atoms with Crippen molar-refractivity contribution in [2.45, 2.75) is 56.5 Å². The molecule has 0 N–H and O–H groups in total. The fraction of sp³-hybridized carbons (Fsp3) is 0.652. The first kappa shape index (κ1) is 25.7. The topological polar surface area (TPSA) is 88.5 Å². The van der Waals surface area contributed by atoms with Crippen LogP contribution in [0.1, 0.15) is 39.0 Å². The van der Waals surface area contributed by atoms with E-state index in [4.69, 9.17) is 9.47 Å². The highest BCUT2D eigenvalue weighted by Gasteiger charge is 2.48. The zero-order valence-electron chi connectivity index (χ0n) is 19.5. The normalized spacial score (nSPS) is 24.7. The number of hydrogen-bond donors (Lipinski definition) is 0. The molecule has 8 nitrogen and oxygen atoms in total. The summed E-state index contributed by atoms with van der Waals surface area (Å²) in [6, 6.07) is 5.68. The standard InChI is InChI=1S/C23H30F3N3O5S/c1-16-21(14-33-15-30)29(27-22(16)23(24,25)26)18-7-9-19(10-8-18)34-13-17-11-28(12-17)35(31,32)20-5-3-2-4-6-20/h7-10,15-17,20-21H,2-6,11-14H2,1H3/t16-,21-/m0/s1. The lowest BCUT2D eigenvalue weighted by Crippen LogP contribution is -2.54. The molecule has 4 rings (SSSR count). The van der Waals surface area contributed by atoms with Gasteiger partial charge in [-0.05, 0) is 37.1 Å². The highest BCUT2D eigenvalue weighted by molar-refractivity contribution is 7.89. The van der Waals surface area contributed by atoms with E-state index in [2.05, 4.69) is 5.10 Å². The van der Waals surface area contributed by atoms with Crippen LogP contribution in [0.4, 0.5) is 18.9 Å². The van der Waals surface area contributed by atoms with E-state index in [0.717, 1.165) is 32.1 Å². The van der Waals surface area contributed by atoms with Gasteiger partial charge in [0.25, 0.3) is 6.47 Å². The van der Waals surface area contributed by atoms with E-state index in [-0.39, 0.29) is 24.2 Å². The number of hydrogen-bond acceptors (Lipinski definition) is 7. The number of ether oxygens (including phenoxy) is 2. The summed E-state index contributed by atoms with van der Waals surface area (Å²) in [6.45, 7) is 2.61. The number of hydrazone groups is 1. The minimum absolute atomic E-state index is 0.0938. The van der Waals surface area contributed by atoms with Crippen LogP contribution in [-0.4, -0.2) is 68.7 Å². The molecule has 1 saturated heterocycles. The van der Waals surface area contributed by atoms with Crippen molar-refractivity contribution < 1.29 is 35.9 Å². The van der Waals surface area contributed by atoms with Gasteiger partial charge >= 0.3 is 6.18 Å². The molecule has 0 unspecified atom stereocenters. The molecule has 12 heteroatoms. The highest BCUT2D eigenvalue weighted by atomic mass is 32.2. The summed E-state index contributed by atoms with van der Waals surface area (Å²) in [4.78, 5) is 10.6. The molecule has 0 amide bonds. The summed E-state index contributed by atoms with van der Waals surface area (Å²) in [5.41, 5.74) is -0.508. The number of anilines is 1. The van der Waals surface area contributed by atoms with E-state index in [1.165, 1.54) is 11.9 Å². The Hall–Kier alpha value is -2.34. The van der Waals surface area contributed by atoms with Crippen molar-refractivity contribution >= 4 is 27.9 Å². The van der Waals surface area contributed by atoms with Crippen LogP contribution in [0.2, 0.25) is 0 Å². The smallest absolute Gasteiger partial charge is 0.431 e. The molecule has 0 radical (unpaired) electrons. The Kier molecular flexibility index (Phi) is 7.60. The second-order valence-corrected chi connectivity index (χ2v) is 11.6. The van der Waals surface area contributed by atoms with E-state index in [1.54, 1.807) is 28.6 Å². The van der Waals surface area contributed by atoms with Crippen LogP contribution in [0.15, 0.2) is 29.4 Å². The van der Waals surface area contributed by atoms with E-state index in [9.17, 15) is 26.4 Å². The Morgan fingerprint density at radius 2 is 1.74 bits per heavy atom. The number of halogens is 3. The third-order valence-electron chi connectivity index (χ3n) is 7.01. The maximum absolute atomic E-state index is 13.4. The van der Waals surface area contributed by atoms with Gasteiger partial charge in [-0.3, -0.25) is 9.80 Å². The second-order valence-electron chi connectivity index (χ2n) is 9.41. The van der Waals surface area contributed by atoms with Crippen molar-refractivity contribution in [1.82, 2.24) is 4.31 Å². The summed E-state index contributed by atoms with van der Waals surface area (Å²) in [5.74, 6) is -0.357. The predicted octanol–water partition coefficient (Wildman–Crippen LogP) is 3.58. The minimum Gasteiger partial charge on any atom is -0.493 e. The molecular formula is C23H30F3N3O5S. The molecule has 2 heterocycles. The first-order valence-corrected chi connectivity index (χ1v) is 13.3. The van der Waals surface area contributed by atoms with Crippen LogP contribution < -0.4 is 9.75 Å². The third kappa shape index (κ3) is 5.58. The number of nitrogens with zero attached hydrogens (tertiary/aromatic N) is 3. The van der Waals surface area contributed by atoms with E-state index >= 15 is 0 Å². The molecular weight excluding hydrogens is 487 g/mol. The Balaban J connectivity index is 1.33. The quantitative estimate of drug-likeness (QED) is 0.466. The molecule has 3 aliphatic rings. The highest BCUT2D eigenvalue weighted by Crippen LogP contribution is 2.36. The lowest BCUT2D eigenvalue weighted by atomic mass is 9.97. The number of alkyl halides is 3. The summed E-state index contributed by atoms with van der Waals surface area (Å²) in [5, 5.41) is 4.73. The molecule has 35 heavy (non-hydrogen) atoms. The van der Waals surface area contributed by atoms with Crippen LogP contribution >= 0.6 is 0 Å². The lowest BCUT2D eigenvalue weighted by molar-refractivity contribution is -0.129. The van der Waals surface area contributed by atoms with Gasteiger partial charge in [-0.25, -0.2) is 12.7 Å². The Bertz CT molecular complexity index is 1020. The third-order valence-corrected chi connectivity index (χ3v) is 9.34. The summed E-state index contributed by atoms with van der Waals surface area (Å²) in [7, 11) is -3.24. The number of carbonyl (C=O) groups excluding carboxylic acids is 1. The van der Waals surface area contributed by atoms with E-state index in [1.807, 2.05) is 0 Å². The van der Waals surface area contributed by atoms with Gasteiger partial charge in [0.15, 0.2) is 0 Å². The van der Waals surface area contributed by atoms with Crippen LogP contribution in [0.25, 0.3) is 0 Å². The van der Waals surface area contributed by atoms with Crippen LogP contribution in [-0.2, 0) is 19.6 Å². The number of rotatable bonds is 9. The molecule has 2 aliphatic heterocycles. The molecule has 1 aromatic carbocycles. The monoisotopic (exact) mass is 517 g/mol. The minimum atomic E-state index is -4.59. The maximum Gasteiger partial charge on any atom is 0.431 e. The Morgan fingerprint density at radius 3 is 2.34 bits per heavy atom. The Labute approximate surface area is 203 Å². The Morgan fingerprint density at radius 1 is 1.09 bits per heavy atom. The first-order valence-electron chi connectivity index (χ1n) is 11.8. The molecule has 1 aliphatic carbocycles. The van der Waals surface area contributed by atoms with Gasteiger partial charge in [-0.15, -0.1) is 0 Å². The molecule has 2 atom stereocenters. The van der Waals surface area contributed by atoms with Crippen molar-refractivity contribution in [3.05, 3.63) is 24.3 Å². The van der Waals surface area contributed by atoms with Gasteiger partial charge in [-0.1, -0.05) is 26.2 Å². The summed E-state index contributed by atoms with van der Waals surface area (Å²) < 4.78 is 77.6. The van der Waals surface area contributed by atoms with Gasteiger partial charge in [0.2, 0.25) is 10.0 Å². The lowest BCUT2D eigenvalue weighted by Gasteiger charge is -2.40. The fourth-order valence-electron chi connectivity index (χ4n) is 4.91. The number of carbonyl (C=O) groups is 1. The first-order chi connectivity index (χ1) is 16.6. The molecule has 0 bridgehead atoms. The van der Waals surface area contributed by atoms with Gasteiger partial charge in [0.05, 0.1) is 23.6 Å². The molecule has 194 valence electrons. The summed E-state index contributed by atoms with van der Waals surface area (Å²) in [6.07, 6.45) is -0.0923. The van der Waals surface area contributed by atoms with E-state index < -0.39 is 33.9 Å². The fourth-order valence-corrected chi connectivity index (χ4v) is 7.10. The molecule has 1 aromatic rings. The molecule has 2 fully saturated rings. The average Bonchev–Trinajstić information content (AvgIpc) is 3.14. The average molecular weight is 518 g/mol. The van der Waals surface area contributed by atoms with Gasteiger partial charge in [0, 0.05) is 24.9 Å². The molecule has 1 saturated carbocycles. The van der Waals surface area contributed by atoms with Gasteiger partial charge in [0.1, 0.15) is 18.1 Å². The van der Waals surface area contributed by atoms with E-state index in [0.29, 0.717) is 31.1 Å². The van der Waals surface area contributed by atoms with Gasteiger partial charge < -0.3 is 9.47 Å². The molecule has 0 aromatic heterocycles. The van der Waals surface area contributed by atoms with Crippen molar-refractivity contribution in [3.63, 3.8) is 0 Å². The zero-order chi connectivity index (χ0) is 25.2. The summed E-state index contributed by atoms with van der Waals surface area (Å²) >= 11 is 0. The molecule has 0 spiro atoms. The largest absolute Gasteiger partial charge is 0.493 e. The zero-order valence-corrected chi connectivity index (χ0v) is 20.3. The van der Waals surface area contributed by atoms with Crippen LogP contribution in [0, 0.1) is 11.8 Å². The van der Waals surface area contributed by atoms with Gasteiger partial charge in [-0.2, -0.15) is 18.3 Å². The SMILES string of the molecule is C[C@@H]1C(C(F)(F)F)=NN(c2ccc(OCC3CN(S(=O)(=O)C4CCCCC4)C3)cc2)[C@H]1COC=O. The predicted molar refractivity (Wildman–Crippen MR) is 124 cm³/mol. The number of sulfonamides is 1. The van der Waals surface area contributed by atoms with Crippen LogP contribution in [0.3, 0.4) is 0 Å². The van der Waals surface area contributed by atoms with Crippen molar-refractivity contribution in [3.8, 4) is 5.75 Å². The van der Waals surface area contributed by atoms with Crippen LogP contribution in [0.5, 0.6) is 5.75 Å². The van der Waals surface area contributed by atoms with Crippen molar-refractivity contribution in [1.29, 1.82) is 0 Å². The van der Waals surface area contributed by atoms with Crippen molar-refractivity contribution in [2.75, 3.05) is 31.3 Å². The number of benzene rings is 1. The maximum atomic E-state index is 13.4. The second kappa shape index (κ2) is 10.3.